The van der Waals surface area contributed by atoms with Crippen LogP contribution in [-0.2, 0) is 11.3 Å². The van der Waals surface area contributed by atoms with Gasteiger partial charge < -0.3 is 10.1 Å². The van der Waals surface area contributed by atoms with Crippen LogP contribution in [0.15, 0.2) is 76.3 Å². The van der Waals surface area contributed by atoms with Crippen molar-refractivity contribution in [1.29, 1.82) is 0 Å². The van der Waals surface area contributed by atoms with E-state index >= 15 is 0 Å². The standard InChI is InChI=1S/C27H23N3O4S/c1-16-8-9-17(2)21(14-16)28-23(31)15-29-24-20-6-4-5-7-22(20)35-25(24)26(32)30(27(29)33)18-10-12-19(34-3)13-11-18/h4-14H,15H2,1-3H3,(H,28,31). The summed E-state index contributed by atoms with van der Waals surface area (Å²) in [5, 5.41) is 3.69. The molecular weight excluding hydrogens is 462 g/mol. The molecule has 7 nitrogen and oxygen atoms in total. The fraction of sp³-hybridized carbons (Fsp3) is 0.148. The Balaban J connectivity index is 1.70. The van der Waals surface area contributed by atoms with Gasteiger partial charge in [0, 0.05) is 15.8 Å². The van der Waals surface area contributed by atoms with Gasteiger partial charge in [0.1, 0.15) is 17.0 Å². The first-order valence-electron chi connectivity index (χ1n) is 11.1. The Hall–Kier alpha value is -4.17. The third-order valence-electron chi connectivity index (χ3n) is 5.96. The van der Waals surface area contributed by atoms with Crippen LogP contribution in [0.1, 0.15) is 11.1 Å². The average Bonchev–Trinajstić information content (AvgIpc) is 3.24. The molecule has 5 rings (SSSR count). The number of nitrogens with zero attached hydrogens (tertiary/aromatic N) is 2. The highest BCUT2D eigenvalue weighted by atomic mass is 32.1. The number of fused-ring (bicyclic) bond motifs is 3. The number of carbonyl (C=O) groups is 1. The number of carbonyl (C=O) groups excluding carboxylic acids is 1. The Morgan fingerprint density at radius 3 is 2.49 bits per heavy atom. The van der Waals surface area contributed by atoms with Crippen molar-refractivity contribution in [3.8, 4) is 11.4 Å². The van der Waals surface area contributed by atoms with E-state index in [9.17, 15) is 14.4 Å². The van der Waals surface area contributed by atoms with Gasteiger partial charge in [-0.3, -0.25) is 14.2 Å². The Morgan fingerprint density at radius 2 is 1.74 bits per heavy atom. The van der Waals surface area contributed by atoms with Gasteiger partial charge in [-0.25, -0.2) is 9.36 Å². The van der Waals surface area contributed by atoms with Crippen molar-refractivity contribution in [2.45, 2.75) is 20.4 Å². The molecule has 0 spiro atoms. The molecule has 1 N–H and O–H groups in total. The van der Waals surface area contributed by atoms with Crippen LogP contribution >= 0.6 is 11.3 Å². The van der Waals surface area contributed by atoms with Crippen LogP contribution in [0.5, 0.6) is 5.75 Å². The minimum absolute atomic E-state index is 0.236. The van der Waals surface area contributed by atoms with E-state index in [1.54, 1.807) is 31.4 Å². The zero-order valence-electron chi connectivity index (χ0n) is 19.5. The number of hydrogen-bond acceptors (Lipinski definition) is 5. The summed E-state index contributed by atoms with van der Waals surface area (Å²) in [5.41, 5.74) is 2.52. The minimum Gasteiger partial charge on any atom is -0.497 e. The minimum atomic E-state index is -0.577. The van der Waals surface area contributed by atoms with Crippen molar-refractivity contribution >= 4 is 43.2 Å². The number of hydrogen-bond donors (Lipinski definition) is 1. The number of aryl methyl sites for hydroxylation is 2. The van der Waals surface area contributed by atoms with E-state index in [-0.39, 0.29) is 12.5 Å². The molecule has 3 aromatic carbocycles. The molecule has 0 aliphatic rings. The van der Waals surface area contributed by atoms with Gasteiger partial charge in [0.15, 0.2) is 0 Å². The van der Waals surface area contributed by atoms with Gasteiger partial charge in [-0.05, 0) is 61.4 Å². The maximum atomic E-state index is 13.7. The molecule has 0 unspecified atom stereocenters. The Kier molecular flexibility index (Phi) is 5.74. The smallest absolute Gasteiger partial charge is 0.336 e. The second kappa shape index (κ2) is 8.88. The van der Waals surface area contributed by atoms with Crippen molar-refractivity contribution in [2.75, 3.05) is 12.4 Å². The zero-order valence-corrected chi connectivity index (χ0v) is 20.3. The second-order valence-electron chi connectivity index (χ2n) is 8.35. The van der Waals surface area contributed by atoms with Gasteiger partial charge in [-0.2, -0.15) is 0 Å². The molecule has 0 bridgehead atoms. The van der Waals surface area contributed by atoms with E-state index in [0.717, 1.165) is 25.8 Å². The molecule has 176 valence electrons. The number of benzene rings is 3. The van der Waals surface area contributed by atoms with Crippen molar-refractivity contribution in [3.63, 3.8) is 0 Å². The van der Waals surface area contributed by atoms with Crippen molar-refractivity contribution in [1.82, 2.24) is 9.13 Å². The highest BCUT2D eigenvalue weighted by Gasteiger charge is 2.21. The maximum absolute atomic E-state index is 13.7. The molecule has 2 heterocycles. The lowest BCUT2D eigenvalue weighted by Gasteiger charge is -2.14. The molecule has 0 saturated heterocycles. The fourth-order valence-corrected chi connectivity index (χ4v) is 5.30. The number of methoxy groups -OCH3 is 1. The summed E-state index contributed by atoms with van der Waals surface area (Å²) in [4.78, 5) is 40.4. The highest BCUT2D eigenvalue weighted by molar-refractivity contribution is 7.25. The number of rotatable bonds is 5. The average molecular weight is 486 g/mol. The SMILES string of the molecule is COc1ccc(-n2c(=O)c3sc4ccccc4c3n(CC(=O)Nc3cc(C)ccc3C)c2=O)cc1. The van der Waals surface area contributed by atoms with Crippen LogP contribution < -0.4 is 21.3 Å². The molecule has 0 atom stereocenters. The summed E-state index contributed by atoms with van der Waals surface area (Å²) in [6.45, 7) is 3.63. The van der Waals surface area contributed by atoms with E-state index in [0.29, 0.717) is 27.3 Å². The number of anilines is 1. The van der Waals surface area contributed by atoms with Gasteiger partial charge in [0.2, 0.25) is 5.91 Å². The first kappa shape index (κ1) is 22.6. The van der Waals surface area contributed by atoms with Crippen molar-refractivity contribution < 1.29 is 9.53 Å². The van der Waals surface area contributed by atoms with Crippen LogP contribution in [-0.4, -0.2) is 22.2 Å². The van der Waals surface area contributed by atoms with Gasteiger partial charge in [0.25, 0.3) is 5.56 Å². The summed E-state index contributed by atoms with van der Waals surface area (Å²) in [7, 11) is 1.55. The van der Waals surface area contributed by atoms with Gasteiger partial charge in [0.05, 0.1) is 18.3 Å². The molecule has 0 radical (unpaired) electrons. The first-order valence-corrected chi connectivity index (χ1v) is 11.9. The topological polar surface area (TPSA) is 82.3 Å². The van der Waals surface area contributed by atoms with Crippen LogP contribution in [0.25, 0.3) is 26.0 Å². The summed E-state index contributed by atoms with van der Waals surface area (Å²) >= 11 is 1.31. The molecule has 0 fully saturated rings. The summed E-state index contributed by atoms with van der Waals surface area (Å²) in [6.07, 6.45) is 0. The monoisotopic (exact) mass is 485 g/mol. The normalized spacial score (nSPS) is 11.2. The van der Waals surface area contributed by atoms with Crippen molar-refractivity contribution in [3.05, 3.63) is 98.7 Å². The van der Waals surface area contributed by atoms with Gasteiger partial charge in [-0.15, -0.1) is 11.3 Å². The van der Waals surface area contributed by atoms with Crippen LogP contribution in [0.4, 0.5) is 5.69 Å². The quantitative estimate of drug-likeness (QED) is 0.394. The van der Waals surface area contributed by atoms with Gasteiger partial charge in [-0.1, -0.05) is 30.3 Å². The van der Waals surface area contributed by atoms with Crippen LogP contribution in [0.3, 0.4) is 0 Å². The predicted molar refractivity (Wildman–Crippen MR) is 140 cm³/mol. The number of amides is 1. The van der Waals surface area contributed by atoms with E-state index in [1.165, 1.54) is 15.9 Å². The first-order chi connectivity index (χ1) is 16.9. The lowest BCUT2D eigenvalue weighted by molar-refractivity contribution is -0.116. The summed E-state index contributed by atoms with van der Waals surface area (Å²) in [6, 6.07) is 20.0. The van der Waals surface area contributed by atoms with Crippen LogP contribution in [0, 0.1) is 13.8 Å². The molecule has 5 aromatic rings. The predicted octanol–water partition coefficient (Wildman–Crippen LogP) is 4.63. The third kappa shape index (κ3) is 4.02. The third-order valence-corrected chi connectivity index (χ3v) is 7.11. The fourth-order valence-electron chi connectivity index (χ4n) is 4.16. The Labute approximate surface area is 204 Å². The number of thiophene rings is 1. The molecule has 0 aliphatic heterocycles. The Morgan fingerprint density at radius 1 is 1.00 bits per heavy atom. The molecule has 0 aliphatic carbocycles. The molecule has 1 amide bonds. The second-order valence-corrected chi connectivity index (χ2v) is 9.40. The number of nitrogens with one attached hydrogen (secondary N) is 1. The van der Waals surface area contributed by atoms with E-state index in [4.69, 9.17) is 4.74 Å². The van der Waals surface area contributed by atoms with Crippen molar-refractivity contribution in [2.24, 2.45) is 0 Å². The Bertz CT molecular complexity index is 1710. The lowest BCUT2D eigenvalue weighted by atomic mass is 10.1. The highest BCUT2D eigenvalue weighted by Crippen LogP contribution is 2.31. The summed E-state index contributed by atoms with van der Waals surface area (Å²) in [5.74, 6) is 0.260. The molecule has 8 heteroatoms. The number of aromatic nitrogens is 2. The van der Waals surface area contributed by atoms with E-state index in [1.807, 2.05) is 56.3 Å². The zero-order chi connectivity index (χ0) is 24.7. The summed E-state index contributed by atoms with van der Waals surface area (Å²) < 4.78 is 9.00. The van der Waals surface area contributed by atoms with E-state index < -0.39 is 11.2 Å². The van der Waals surface area contributed by atoms with E-state index in [2.05, 4.69) is 5.32 Å². The molecular formula is C27H23N3O4S. The molecule has 2 aromatic heterocycles. The maximum Gasteiger partial charge on any atom is 0.336 e. The molecule has 35 heavy (non-hydrogen) atoms. The van der Waals surface area contributed by atoms with Gasteiger partial charge >= 0.3 is 5.69 Å². The lowest BCUT2D eigenvalue weighted by Crippen LogP contribution is -2.40. The number of ether oxygens (including phenoxy) is 1. The molecule has 0 saturated carbocycles. The van der Waals surface area contributed by atoms with Crippen LogP contribution in [0.2, 0.25) is 0 Å². The largest absolute Gasteiger partial charge is 0.497 e.